The van der Waals surface area contributed by atoms with Crippen molar-refractivity contribution < 1.29 is 9.90 Å². The van der Waals surface area contributed by atoms with Gasteiger partial charge in [0.25, 0.3) is 0 Å². The molecule has 3 nitrogen and oxygen atoms in total. The number of carbonyl (C=O) groups excluding carboxylic acids is 1. The predicted molar refractivity (Wildman–Crippen MR) is 84.1 cm³/mol. The highest BCUT2D eigenvalue weighted by molar-refractivity contribution is 5.92. The van der Waals surface area contributed by atoms with Crippen molar-refractivity contribution in [2.45, 2.75) is 12.0 Å². The van der Waals surface area contributed by atoms with E-state index < -0.39 is 5.60 Å². The minimum atomic E-state index is -1.58. The summed E-state index contributed by atoms with van der Waals surface area (Å²) in [6.07, 6.45) is 0.299. The van der Waals surface area contributed by atoms with Crippen LogP contribution >= 0.6 is 0 Å². The molecular weight excluding hydrogens is 262 g/mol. The fourth-order valence-electron chi connectivity index (χ4n) is 2.35. The number of carbonyl (C=O) groups is 1. The van der Waals surface area contributed by atoms with Gasteiger partial charge in [0, 0.05) is 13.0 Å². The van der Waals surface area contributed by atoms with Gasteiger partial charge in [-0.25, -0.2) is 0 Å². The molecule has 2 aromatic carbocycles. The van der Waals surface area contributed by atoms with Crippen LogP contribution < -0.4 is 0 Å². The summed E-state index contributed by atoms with van der Waals surface area (Å²) in [5, 5.41) is 11.2. The monoisotopic (exact) mass is 283 g/mol. The lowest BCUT2D eigenvalue weighted by Crippen LogP contribution is -2.38. The van der Waals surface area contributed by atoms with Crippen molar-refractivity contribution in [3.05, 3.63) is 71.8 Å². The molecule has 0 saturated carbocycles. The summed E-state index contributed by atoms with van der Waals surface area (Å²) >= 11 is 0. The van der Waals surface area contributed by atoms with E-state index in [2.05, 4.69) is 0 Å². The van der Waals surface area contributed by atoms with Crippen LogP contribution in [0, 0.1) is 0 Å². The first kappa shape index (κ1) is 15.4. The summed E-state index contributed by atoms with van der Waals surface area (Å²) in [7, 11) is 3.83. The maximum absolute atomic E-state index is 12.7. The van der Waals surface area contributed by atoms with Crippen LogP contribution in [0.5, 0.6) is 0 Å². The third-order valence-corrected chi connectivity index (χ3v) is 3.57. The second-order valence-electron chi connectivity index (χ2n) is 5.42. The average molecular weight is 283 g/mol. The van der Waals surface area contributed by atoms with Gasteiger partial charge >= 0.3 is 0 Å². The lowest BCUT2D eigenvalue weighted by molar-refractivity contribution is -0.134. The average Bonchev–Trinajstić information content (AvgIpc) is 2.53. The number of hydrogen-bond acceptors (Lipinski definition) is 3. The van der Waals surface area contributed by atoms with E-state index in [4.69, 9.17) is 0 Å². The Morgan fingerprint density at radius 2 is 1.38 bits per heavy atom. The predicted octanol–water partition coefficient (Wildman–Crippen LogP) is 2.44. The molecule has 0 unspecified atom stereocenters. The molecule has 1 N–H and O–H groups in total. The number of nitrogens with zero attached hydrogens (tertiary/aromatic N) is 1. The van der Waals surface area contributed by atoms with Crippen LogP contribution in [-0.2, 0) is 10.4 Å². The lowest BCUT2D eigenvalue weighted by atomic mass is 9.81. The first-order chi connectivity index (χ1) is 10.0. The summed E-state index contributed by atoms with van der Waals surface area (Å²) < 4.78 is 0. The molecule has 0 bridgehead atoms. The summed E-state index contributed by atoms with van der Waals surface area (Å²) in [4.78, 5) is 14.6. The molecule has 0 fully saturated rings. The summed E-state index contributed by atoms with van der Waals surface area (Å²) in [5.74, 6) is -0.186. The van der Waals surface area contributed by atoms with Crippen LogP contribution in [0.15, 0.2) is 60.7 Å². The standard InChI is InChI=1S/C18H21NO2/c1-19(2)14-13-17(20)18(21,15-9-5-3-6-10-15)16-11-7-4-8-12-16/h3-12,21H,13-14H2,1-2H3. The van der Waals surface area contributed by atoms with Gasteiger partial charge in [0.15, 0.2) is 11.4 Å². The molecule has 2 rings (SSSR count). The number of hydrogen-bond donors (Lipinski definition) is 1. The van der Waals surface area contributed by atoms with E-state index in [1.165, 1.54) is 0 Å². The van der Waals surface area contributed by atoms with Crippen molar-refractivity contribution in [3.63, 3.8) is 0 Å². The van der Waals surface area contributed by atoms with Gasteiger partial charge in [0.1, 0.15) is 0 Å². The minimum absolute atomic E-state index is 0.186. The molecule has 21 heavy (non-hydrogen) atoms. The molecule has 110 valence electrons. The topological polar surface area (TPSA) is 40.5 Å². The Bertz CT molecular complexity index is 539. The van der Waals surface area contributed by atoms with E-state index in [-0.39, 0.29) is 5.78 Å². The van der Waals surface area contributed by atoms with Crippen molar-refractivity contribution in [1.82, 2.24) is 4.90 Å². The summed E-state index contributed by atoms with van der Waals surface area (Å²) in [6.45, 7) is 0.612. The van der Waals surface area contributed by atoms with Gasteiger partial charge in [0.2, 0.25) is 0 Å². The summed E-state index contributed by atoms with van der Waals surface area (Å²) in [5.41, 5.74) is -0.363. The van der Waals surface area contributed by atoms with Gasteiger partial charge in [-0.2, -0.15) is 0 Å². The van der Waals surface area contributed by atoms with Crippen molar-refractivity contribution in [3.8, 4) is 0 Å². The van der Waals surface area contributed by atoms with Gasteiger partial charge in [-0.1, -0.05) is 60.7 Å². The van der Waals surface area contributed by atoms with Crippen LogP contribution in [0.25, 0.3) is 0 Å². The minimum Gasteiger partial charge on any atom is -0.373 e. The van der Waals surface area contributed by atoms with Gasteiger partial charge in [0.05, 0.1) is 0 Å². The van der Waals surface area contributed by atoms with E-state index in [9.17, 15) is 9.90 Å². The summed E-state index contributed by atoms with van der Waals surface area (Å²) in [6, 6.07) is 18.3. The Labute approximate surface area is 125 Å². The number of Topliss-reactive ketones (excluding diaryl/α,β-unsaturated/α-hetero) is 1. The van der Waals surface area contributed by atoms with E-state index in [1.807, 2.05) is 55.4 Å². The Morgan fingerprint density at radius 3 is 1.76 bits per heavy atom. The maximum atomic E-state index is 12.7. The highest BCUT2D eigenvalue weighted by atomic mass is 16.3. The van der Waals surface area contributed by atoms with Crippen LogP contribution in [-0.4, -0.2) is 36.4 Å². The first-order valence-electron chi connectivity index (χ1n) is 7.06. The molecule has 3 heteroatoms. The third-order valence-electron chi connectivity index (χ3n) is 3.57. The fraction of sp³-hybridized carbons (Fsp3) is 0.278. The highest BCUT2D eigenvalue weighted by Gasteiger charge is 2.38. The maximum Gasteiger partial charge on any atom is 0.174 e. The SMILES string of the molecule is CN(C)CCC(=O)C(O)(c1ccccc1)c1ccccc1. The molecule has 0 aliphatic rings. The van der Waals surface area contributed by atoms with E-state index in [0.29, 0.717) is 24.1 Å². The molecule has 0 radical (unpaired) electrons. The zero-order chi connectivity index (χ0) is 15.3. The van der Waals surface area contributed by atoms with Crippen LogP contribution in [0.1, 0.15) is 17.5 Å². The Balaban J connectivity index is 2.42. The highest BCUT2D eigenvalue weighted by Crippen LogP contribution is 2.31. The Morgan fingerprint density at radius 1 is 0.952 bits per heavy atom. The second kappa shape index (κ2) is 6.66. The first-order valence-corrected chi connectivity index (χ1v) is 7.06. The molecule has 0 amide bonds. The molecule has 2 aromatic rings. The van der Waals surface area contributed by atoms with Gasteiger partial charge in [-0.15, -0.1) is 0 Å². The van der Waals surface area contributed by atoms with Crippen molar-refractivity contribution in [2.75, 3.05) is 20.6 Å². The zero-order valence-electron chi connectivity index (χ0n) is 12.5. The van der Waals surface area contributed by atoms with E-state index in [0.717, 1.165) is 0 Å². The normalized spacial score (nSPS) is 11.6. The fourth-order valence-corrected chi connectivity index (χ4v) is 2.35. The largest absolute Gasteiger partial charge is 0.373 e. The Kier molecular flexibility index (Phi) is 4.89. The lowest BCUT2D eigenvalue weighted by Gasteiger charge is -2.28. The van der Waals surface area contributed by atoms with Crippen LogP contribution in [0.2, 0.25) is 0 Å². The quantitative estimate of drug-likeness (QED) is 0.885. The van der Waals surface area contributed by atoms with Crippen LogP contribution in [0.4, 0.5) is 0 Å². The van der Waals surface area contributed by atoms with E-state index in [1.54, 1.807) is 24.3 Å². The molecule has 0 spiro atoms. The van der Waals surface area contributed by atoms with Gasteiger partial charge in [-0.05, 0) is 25.2 Å². The number of aliphatic hydroxyl groups is 1. The van der Waals surface area contributed by atoms with Gasteiger partial charge < -0.3 is 10.0 Å². The third kappa shape index (κ3) is 3.38. The smallest absolute Gasteiger partial charge is 0.174 e. The molecule has 0 aliphatic carbocycles. The molecule has 0 heterocycles. The number of ketones is 1. The van der Waals surface area contributed by atoms with Crippen LogP contribution in [0.3, 0.4) is 0 Å². The molecular formula is C18H21NO2. The zero-order valence-corrected chi connectivity index (χ0v) is 12.5. The van der Waals surface area contributed by atoms with Crippen molar-refractivity contribution >= 4 is 5.78 Å². The van der Waals surface area contributed by atoms with Gasteiger partial charge in [-0.3, -0.25) is 4.79 Å². The van der Waals surface area contributed by atoms with Crippen molar-refractivity contribution in [2.24, 2.45) is 0 Å². The van der Waals surface area contributed by atoms with Crippen molar-refractivity contribution in [1.29, 1.82) is 0 Å². The Hall–Kier alpha value is -1.97. The van der Waals surface area contributed by atoms with E-state index >= 15 is 0 Å². The number of benzene rings is 2. The second-order valence-corrected chi connectivity index (χ2v) is 5.42. The molecule has 0 atom stereocenters. The molecule has 0 aliphatic heterocycles. The molecule has 0 aromatic heterocycles. The number of rotatable bonds is 6. The molecule has 0 saturated heterocycles.